The molecule has 0 spiro atoms. The molecule has 4 atom stereocenters. The first-order valence-electron chi connectivity index (χ1n) is 6.98. The molecule has 0 amide bonds. The predicted molar refractivity (Wildman–Crippen MR) is 68.3 cm³/mol. The zero-order chi connectivity index (χ0) is 14.0. The quantitative estimate of drug-likeness (QED) is 0.677. The Kier molecular flexibility index (Phi) is 2.50. The lowest BCUT2D eigenvalue weighted by Crippen LogP contribution is -2.55. The highest BCUT2D eigenvalue weighted by molar-refractivity contribution is 5.95. The summed E-state index contributed by atoms with van der Waals surface area (Å²) in [5.41, 5.74) is -0.486. The molecule has 104 valence electrons. The largest absolute Gasteiger partial charge is 0.453 e. The Hall–Kier alpha value is -1.16. The number of hydrogen-bond donors (Lipinski definition) is 1. The van der Waals surface area contributed by atoms with Gasteiger partial charge in [-0.1, -0.05) is 6.92 Å². The van der Waals surface area contributed by atoms with Crippen LogP contribution in [0, 0.1) is 11.3 Å². The van der Waals surface area contributed by atoms with E-state index >= 15 is 0 Å². The van der Waals surface area contributed by atoms with Gasteiger partial charge in [0.1, 0.15) is 11.9 Å². The molecule has 4 unspecified atom stereocenters. The molecule has 2 aliphatic carbocycles. The maximum atomic E-state index is 12.4. The number of carbonyl (C=O) groups is 2. The molecule has 19 heavy (non-hydrogen) atoms. The molecule has 0 bridgehead atoms. The fourth-order valence-corrected chi connectivity index (χ4v) is 4.19. The van der Waals surface area contributed by atoms with E-state index in [2.05, 4.69) is 0 Å². The van der Waals surface area contributed by atoms with Gasteiger partial charge in [0, 0.05) is 12.0 Å². The minimum atomic E-state index is -1.05. The monoisotopic (exact) mass is 264 g/mol. The molecule has 3 rings (SSSR count). The number of aliphatic hydroxyl groups is 1. The lowest BCUT2D eigenvalue weighted by molar-refractivity contribution is -0.167. The fraction of sp³-hybridized carbons (Fsp3) is 0.733. The maximum Gasteiger partial charge on any atom is 0.334 e. The van der Waals surface area contributed by atoms with E-state index < -0.39 is 17.1 Å². The third-order valence-corrected chi connectivity index (χ3v) is 5.73. The van der Waals surface area contributed by atoms with Crippen LogP contribution >= 0.6 is 0 Å². The summed E-state index contributed by atoms with van der Waals surface area (Å²) < 4.78 is 5.46. The molecule has 3 aliphatic rings. The van der Waals surface area contributed by atoms with Gasteiger partial charge >= 0.3 is 5.97 Å². The zero-order valence-corrected chi connectivity index (χ0v) is 11.7. The van der Waals surface area contributed by atoms with Crippen LogP contribution in [0.3, 0.4) is 0 Å². The smallest absolute Gasteiger partial charge is 0.334 e. The molecule has 4 nitrogen and oxygen atoms in total. The van der Waals surface area contributed by atoms with Crippen LogP contribution in [0.5, 0.6) is 0 Å². The summed E-state index contributed by atoms with van der Waals surface area (Å²) in [5.74, 6) is -0.278. The maximum absolute atomic E-state index is 12.4. The zero-order valence-electron chi connectivity index (χ0n) is 11.7. The van der Waals surface area contributed by atoms with E-state index in [9.17, 15) is 14.7 Å². The molecule has 1 N–H and O–H groups in total. The van der Waals surface area contributed by atoms with Crippen molar-refractivity contribution in [3.63, 3.8) is 0 Å². The van der Waals surface area contributed by atoms with E-state index in [0.717, 1.165) is 18.4 Å². The Morgan fingerprint density at radius 1 is 1.32 bits per heavy atom. The summed E-state index contributed by atoms with van der Waals surface area (Å²) >= 11 is 0. The fourth-order valence-electron chi connectivity index (χ4n) is 4.19. The van der Waals surface area contributed by atoms with Gasteiger partial charge in [-0.15, -0.1) is 0 Å². The van der Waals surface area contributed by atoms with E-state index in [1.165, 1.54) is 0 Å². The van der Waals surface area contributed by atoms with E-state index in [4.69, 9.17) is 4.74 Å². The summed E-state index contributed by atoms with van der Waals surface area (Å²) in [4.78, 5) is 24.2. The van der Waals surface area contributed by atoms with Crippen molar-refractivity contribution in [1.82, 2.24) is 0 Å². The molecular weight excluding hydrogens is 244 g/mol. The number of hydrogen-bond acceptors (Lipinski definition) is 4. The van der Waals surface area contributed by atoms with Crippen molar-refractivity contribution < 1.29 is 19.4 Å². The van der Waals surface area contributed by atoms with Gasteiger partial charge in [0.25, 0.3) is 0 Å². The van der Waals surface area contributed by atoms with Crippen LogP contribution in [0.15, 0.2) is 11.1 Å². The van der Waals surface area contributed by atoms with Crippen LogP contribution in [-0.4, -0.2) is 28.6 Å². The third kappa shape index (κ3) is 1.33. The molecule has 0 saturated heterocycles. The van der Waals surface area contributed by atoms with Crippen molar-refractivity contribution in [2.45, 2.75) is 58.2 Å². The SMILES string of the molecule is CC1=C2CCC(C)C3(O)CCC(=O)C3(C)C2OC1=O. The molecule has 0 aromatic heterocycles. The second kappa shape index (κ2) is 3.69. The Morgan fingerprint density at radius 3 is 2.68 bits per heavy atom. The summed E-state index contributed by atoms with van der Waals surface area (Å²) in [5, 5.41) is 11.1. The van der Waals surface area contributed by atoms with Gasteiger partial charge in [-0.25, -0.2) is 4.79 Å². The third-order valence-electron chi connectivity index (χ3n) is 5.73. The van der Waals surface area contributed by atoms with Gasteiger partial charge in [-0.3, -0.25) is 4.79 Å². The van der Waals surface area contributed by atoms with Crippen molar-refractivity contribution in [2.75, 3.05) is 0 Å². The topological polar surface area (TPSA) is 63.6 Å². The molecule has 1 aliphatic heterocycles. The normalized spacial score (nSPS) is 45.9. The van der Waals surface area contributed by atoms with E-state index in [-0.39, 0.29) is 17.7 Å². The number of ether oxygens (including phenoxy) is 1. The molecule has 1 heterocycles. The van der Waals surface area contributed by atoms with Crippen LogP contribution in [0.2, 0.25) is 0 Å². The van der Waals surface area contributed by atoms with E-state index in [1.807, 2.05) is 6.92 Å². The lowest BCUT2D eigenvalue weighted by atomic mass is 9.66. The molecular formula is C15H20O4. The minimum Gasteiger partial charge on any atom is -0.453 e. The van der Waals surface area contributed by atoms with E-state index in [1.54, 1.807) is 13.8 Å². The number of Topliss-reactive ketones (excluding diaryl/α,β-unsaturated/α-hetero) is 1. The summed E-state index contributed by atoms with van der Waals surface area (Å²) in [6.45, 7) is 5.53. The first-order valence-corrected chi connectivity index (χ1v) is 6.98. The average molecular weight is 264 g/mol. The minimum absolute atomic E-state index is 0.0220. The number of fused-ring (bicyclic) bond motifs is 3. The summed E-state index contributed by atoms with van der Waals surface area (Å²) in [7, 11) is 0. The van der Waals surface area contributed by atoms with Crippen molar-refractivity contribution in [3.05, 3.63) is 11.1 Å². The van der Waals surface area contributed by atoms with Crippen molar-refractivity contribution in [3.8, 4) is 0 Å². The first kappa shape index (κ1) is 12.9. The standard InChI is InChI=1S/C15H20O4/c1-8-4-5-10-9(2)13(17)19-12(10)14(3)11(16)6-7-15(8,14)18/h8,12,18H,4-7H2,1-3H3. The number of ketones is 1. The highest BCUT2D eigenvalue weighted by Gasteiger charge is 2.66. The second-order valence-electron chi connectivity index (χ2n) is 6.43. The van der Waals surface area contributed by atoms with Gasteiger partial charge in [-0.2, -0.15) is 0 Å². The lowest BCUT2D eigenvalue weighted by Gasteiger charge is -2.43. The molecule has 2 fully saturated rings. The van der Waals surface area contributed by atoms with Crippen LogP contribution in [0.1, 0.15) is 46.5 Å². The Labute approximate surface area is 112 Å². The number of rotatable bonds is 0. The Bertz CT molecular complexity index is 506. The van der Waals surface area contributed by atoms with Crippen LogP contribution in [0.25, 0.3) is 0 Å². The van der Waals surface area contributed by atoms with Crippen LogP contribution in [-0.2, 0) is 14.3 Å². The van der Waals surface area contributed by atoms with Gasteiger partial charge < -0.3 is 9.84 Å². The number of carbonyl (C=O) groups excluding carboxylic acids is 2. The van der Waals surface area contributed by atoms with Gasteiger partial charge in [0.05, 0.1) is 11.0 Å². The summed E-state index contributed by atoms with van der Waals surface area (Å²) in [6, 6.07) is 0. The van der Waals surface area contributed by atoms with Crippen LogP contribution < -0.4 is 0 Å². The predicted octanol–water partition coefficient (Wildman–Crippen LogP) is 1.76. The Balaban J connectivity index is 2.19. The van der Waals surface area contributed by atoms with Gasteiger partial charge in [-0.05, 0) is 44.6 Å². The molecule has 0 aromatic rings. The van der Waals surface area contributed by atoms with Gasteiger partial charge in [0.2, 0.25) is 0 Å². The first-order chi connectivity index (χ1) is 8.82. The highest BCUT2D eigenvalue weighted by atomic mass is 16.6. The summed E-state index contributed by atoms with van der Waals surface area (Å²) in [6.07, 6.45) is 1.81. The average Bonchev–Trinajstić information content (AvgIpc) is 2.76. The number of esters is 1. The molecule has 0 radical (unpaired) electrons. The molecule has 2 saturated carbocycles. The van der Waals surface area contributed by atoms with Crippen molar-refractivity contribution >= 4 is 11.8 Å². The van der Waals surface area contributed by atoms with Gasteiger partial charge in [0.15, 0.2) is 0 Å². The molecule has 0 aromatic carbocycles. The van der Waals surface area contributed by atoms with E-state index in [0.29, 0.717) is 18.4 Å². The van der Waals surface area contributed by atoms with Crippen molar-refractivity contribution in [2.24, 2.45) is 11.3 Å². The highest BCUT2D eigenvalue weighted by Crippen LogP contribution is 2.57. The molecule has 4 heteroatoms. The van der Waals surface area contributed by atoms with Crippen LogP contribution in [0.4, 0.5) is 0 Å². The second-order valence-corrected chi connectivity index (χ2v) is 6.43. The Morgan fingerprint density at radius 2 is 2.00 bits per heavy atom. The van der Waals surface area contributed by atoms with Crippen molar-refractivity contribution in [1.29, 1.82) is 0 Å².